The van der Waals surface area contributed by atoms with Crippen LogP contribution in [-0.4, -0.2) is 36.5 Å². The summed E-state index contributed by atoms with van der Waals surface area (Å²) in [6.07, 6.45) is 4.19. The van der Waals surface area contributed by atoms with Crippen LogP contribution in [-0.2, 0) is 4.79 Å². The molecule has 1 heterocycles. The lowest BCUT2D eigenvalue weighted by molar-refractivity contribution is -0.120. The largest absolute Gasteiger partial charge is 0.351 e. The fourth-order valence-electron chi connectivity index (χ4n) is 2.53. The van der Waals surface area contributed by atoms with Crippen molar-refractivity contribution < 1.29 is 9.59 Å². The van der Waals surface area contributed by atoms with Crippen LogP contribution in [0.3, 0.4) is 0 Å². The average molecular weight is 322 g/mol. The Hall–Kier alpha value is -1.85. The molecule has 1 aromatic rings. The van der Waals surface area contributed by atoms with E-state index in [0.717, 1.165) is 31.1 Å². The molecule has 1 aliphatic heterocycles. The minimum Gasteiger partial charge on any atom is -0.351 e. The minimum absolute atomic E-state index is 0.310. The average Bonchev–Trinajstić information content (AvgIpc) is 2.47. The predicted molar refractivity (Wildman–Crippen MR) is 87.4 cm³/mol. The summed E-state index contributed by atoms with van der Waals surface area (Å²) < 4.78 is 0. The topological polar surface area (TPSA) is 75.4 Å². The van der Waals surface area contributed by atoms with Crippen molar-refractivity contribution in [3.05, 3.63) is 40.9 Å². The van der Waals surface area contributed by atoms with Crippen LogP contribution in [0.4, 0.5) is 4.79 Å². The highest BCUT2D eigenvalue weighted by Crippen LogP contribution is 2.24. The summed E-state index contributed by atoms with van der Waals surface area (Å²) in [5.41, 5.74) is 7.38. The maximum atomic E-state index is 11.3. The van der Waals surface area contributed by atoms with Crippen LogP contribution in [0.2, 0.25) is 5.02 Å². The molecule has 5 nitrogen and oxygen atoms in total. The quantitative estimate of drug-likeness (QED) is 0.874. The summed E-state index contributed by atoms with van der Waals surface area (Å²) in [7, 11) is 0. The molecule has 0 fully saturated rings. The molecule has 22 heavy (non-hydrogen) atoms. The second-order valence-electron chi connectivity index (χ2n) is 5.31. The van der Waals surface area contributed by atoms with Gasteiger partial charge in [0.15, 0.2) is 0 Å². The van der Waals surface area contributed by atoms with Crippen molar-refractivity contribution in [3.63, 3.8) is 0 Å². The van der Waals surface area contributed by atoms with E-state index >= 15 is 0 Å². The molecule has 3 amide bonds. The van der Waals surface area contributed by atoms with Crippen molar-refractivity contribution in [2.75, 3.05) is 19.6 Å². The number of nitrogens with one attached hydrogen (secondary N) is 1. The number of nitrogens with zero attached hydrogens (tertiary/aromatic N) is 1. The molecule has 3 N–H and O–H groups in total. The number of hydrogen-bond donors (Lipinski definition) is 2. The van der Waals surface area contributed by atoms with Gasteiger partial charge in [-0.3, -0.25) is 15.0 Å². The number of halogens is 1. The van der Waals surface area contributed by atoms with E-state index in [9.17, 15) is 9.59 Å². The first kappa shape index (κ1) is 16.5. The highest BCUT2D eigenvalue weighted by Gasteiger charge is 2.13. The molecule has 0 unspecified atom stereocenters. The molecule has 2 rings (SSSR count). The maximum absolute atomic E-state index is 11.3. The first-order valence-electron chi connectivity index (χ1n) is 7.31. The van der Waals surface area contributed by atoms with E-state index in [-0.39, 0.29) is 5.91 Å². The molecule has 1 aliphatic rings. The molecular formula is C16H20ClN3O2. The van der Waals surface area contributed by atoms with Gasteiger partial charge in [-0.05, 0) is 42.7 Å². The number of benzene rings is 1. The summed E-state index contributed by atoms with van der Waals surface area (Å²) in [5, 5.41) is 2.82. The molecule has 0 aliphatic carbocycles. The molecule has 0 aromatic heterocycles. The minimum atomic E-state index is -0.794. The van der Waals surface area contributed by atoms with E-state index < -0.39 is 6.03 Å². The Morgan fingerprint density at radius 3 is 2.82 bits per heavy atom. The molecule has 118 valence electrons. The summed E-state index contributed by atoms with van der Waals surface area (Å²) in [4.78, 5) is 24.1. The normalized spacial score (nSPS) is 15.2. The number of urea groups is 1. The van der Waals surface area contributed by atoms with Crippen LogP contribution in [0.15, 0.2) is 30.3 Å². The number of carbonyl (C=O) groups is 2. The van der Waals surface area contributed by atoms with Crippen LogP contribution in [0.5, 0.6) is 0 Å². The van der Waals surface area contributed by atoms with Gasteiger partial charge in [0.2, 0.25) is 5.91 Å². The Morgan fingerprint density at radius 2 is 2.18 bits per heavy atom. The Balaban J connectivity index is 1.77. The third-order valence-electron chi connectivity index (χ3n) is 3.63. The van der Waals surface area contributed by atoms with Crippen molar-refractivity contribution >= 4 is 29.1 Å². The van der Waals surface area contributed by atoms with Gasteiger partial charge in [0.25, 0.3) is 0 Å². The SMILES string of the molecule is NC(=O)NC(=O)CCCN1CC=C(c2cccc(Cl)c2)CC1. The summed E-state index contributed by atoms with van der Waals surface area (Å²) in [5.74, 6) is -0.320. The Morgan fingerprint density at radius 1 is 1.36 bits per heavy atom. The monoisotopic (exact) mass is 321 g/mol. The number of carbonyl (C=O) groups excluding carboxylic acids is 2. The van der Waals surface area contributed by atoms with E-state index in [4.69, 9.17) is 17.3 Å². The maximum Gasteiger partial charge on any atom is 0.318 e. The molecule has 1 aromatic carbocycles. The number of primary amides is 1. The lowest BCUT2D eigenvalue weighted by Gasteiger charge is -2.26. The van der Waals surface area contributed by atoms with Gasteiger partial charge in [-0.1, -0.05) is 29.8 Å². The number of imide groups is 1. The number of amides is 3. The van der Waals surface area contributed by atoms with Gasteiger partial charge in [-0.15, -0.1) is 0 Å². The van der Waals surface area contributed by atoms with Crippen LogP contribution in [0, 0.1) is 0 Å². The van der Waals surface area contributed by atoms with Gasteiger partial charge < -0.3 is 5.73 Å². The van der Waals surface area contributed by atoms with E-state index in [1.165, 1.54) is 11.1 Å². The second kappa shape index (κ2) is 7.96. The molecule has 0 saturated heterocycles. The summed E-state index contributed by atoms with van der Waals surface area (Å²) in [6.45, 7) is 2.64. The predicted octanol–water partition coefficient (Wildman–Crippen LogP) is 2.40. The lowest BCUT2D eigenvalue weighted by Crippen LogP contribution is -2.35. The summed E-state index contributed by atoms with van der Waals surface area (Å²) in [6, 6.07) is 7.09. The fourth-order valence-corrected chi connectivity index (χ4v) is 2.72. The van der Waals surface area contributed by atoms with E-state index in [1.54, 1.807) is 0 Å². The highest BCUT2D eigenvalue weighted by molar-refractivity contribution is 6.30. The number of nitrogens with two attached hydrogens (primary N) is 1. The molecule has 0 atom stereocenters. The van der Waals surface area contributed by atoms with Crippen molar-refractivity contribution in [2.24, 2.45) is 5.73 Å². The first-order chi connectivity index (χ1) is 10.5. The van der Waals surface area contributed by atoms with Gasteiger partial charge in [0, 0.05) is 24.5 Å². The van der Waals surface area contributed by atoms with Gasteiger partial charge >= 0.3 is 6.03 Å². The third kappa shape index (κ3) is 5.16. The second-order valence-corrected chi connectivity index (χ2v) is 5.74. The molecule has 0 saturated carbocycles. The van der Waals surface area contributed by atoms with Crippen molar-refractivity contribution in [1.29, 1.82) is 0 Å². The highest BCUT2D eigenvalue weighted by atomic mass is 35.5. The number of rotatable bonds is 5. The van der Waals surface area contributed by atoms with E-state index in [0.29, 0.717) is 12.8 Å². The Labute approximate surface area is 135 Å². The van der Waals surface area contributed by atoms with Crippen LogP contribution in [0.25, 0.3) is 5.57 Å². The van der Waals surface area contributed by atoms with Gasteiger partial charge in [0.05, 0.1) is 0 Å². The first-order valence-corrected chi connectivity index (χ1v) is 7.69. The van der Waals surface area contributed by atoms with Crippen molar-refractivity contribution in [3.8, 4) is 0 Å². The zero-order valence-electron chi connectivity index (χ0n) is 12.3. The van der Waals surface area contributed by atoms with Crippen LogP contribution < -0.4 is 11.1 Å². The van der Waals surface area contributed by atoms with E-state index in [1.807, 2.05) is 18.2 Å². The fraction of sp³-hybridized carbons (Fsp3) is 0.375. The standard InChI is InChI=1S/C16H20ClN3O2/c17-14-4-1-3-13(11-14)12-6-9-20(10-7-12)8-2-5-15(21)19-16(18)22/h1,3-4,6,11H,2,5,7-10H2,(H3,18,19,21,22). The van der Waals surface area contributed by atoms with Crippen molar-refractivity contribution in [2.45, 2.75) is 19.3 Å². The smallest absolute Gasteiger partial charge is 0.318 e. The summed E-state index contributed by atoms with van der Waals surface area (Å²) >= 11 is 6.02. The molecule has 0 bridgehead atoms. The molecule has 0 radical (unpaired) electrons. The lowest BCUT2D eigenvalue weighted by atomic mass is 9.99. The molecular weight excluding hydrogens is 302 g/mol. The van der Waals surface area contributed by atoms with E-state index in [2.05, 4.69) is 22.4 Å². The van der Waals surface area contributed by atoms with Crippen molar-refractivity contribution in [1.82, 2.24) is 10.2 Å². The third-order valence-corrected chi connectivity index (χ3v) is 3.86. The van der Waals surface area contributed by atoms with Gasteiger partial charge in [0.1, 0.15) is 0 Å². The Bertz CT molecular complexity index is 587. The van der Waals surface area contributed by atoms with Gasteiger partial charge in [-0.25, -0.2) is 4.79 Å². The number of hydrogen-bond acceptors (Lipinski definition) is 3. The van der Waals surface area contributed by atoms with Gasteiger partial charge in [-0.2, -0.15) is 0 Å². The zero-order valence-corrected chi connectivity index (χ0v) is 13.1. The molecule has 0 spiro atoms. The molecule has 6 heteroatoms. The Kier molecular flexibility index (Phi) is 5.98. The van der Waals surface area contributed by atoms with Crippen LogP contribution >= 0.6 is 11.6 Å². The zero-order chi connectivity index (χ0) is 15.9. The van der Waals surface area contributed by atoms with Crippen LogP contribution in [0.1, 0.15) is 24.8 Å².